The molecule has 3 aromatic carbocycles. The van der Waals surface area contributed by atoms with Crippen LogP contribution in [0.25, 0.3) is 22.2 Å². The van der Waals surface area contributed by atoms with Gasteiger partial charge in [-0.1, -0.05) is 48.5 Å². The molecule has 8 heteroatoms. The quantitative estimate of drug-likeness (QED) is 0.265. The van der Waals surface area contributed by atoms with Gasteiger partial charge in [0.1, 0.15) is 5.82 Å². The molecule has 2 heterocycles. The largest absolute Gasteiger partial charge is 0.385 e. The third-order valence-corrected chi connectivity index (χ3v) is 7.95. The van der Waals surface area contributed by atoms with E-state index in [4.69, 9.17) is 21.2 Å². The molecule has 2 amide bonds. The number of nitrogens with zero attached hydrogens (tertiary/aromatic N) is 3. The molecule has 0 spiro atoms. The van der Waals surface area contributed by atoms with Crippen LogP contribution in [0.1, 0.15) is 53.3 Å². The van der Waals surface area contributed by atoms with Gasteiger partial charge < -0.3 is 25.7 Å². The number of para-hydroxylation sites is 2. The first-order valence-corrected chi connectivity index (χ1v) is 14.4. The minimum Gasteiger partial charge on any atom is -0.385 e. The van der Waals surface area contributed by atoms with E-state index in [-0.39, 0.29) is 18.2 Å². The molecule has 0 saturated carbocycles. The summed E-state index contributed by atoms with van der Waals surface area (Å²) in [6.07, 6.45) is 3.50. The van der Waals surface area contributed by atoms with Gasteiger partial charge in [-0.05, 0) is 66.6 Å². The first kappa shape index (κ1) is 28.5. The van der Waals surface area contributed by atoms with Gasteiger partial charge in [-0.15, -0.1) is 0 Å². The molecule has 1 saturated heterocycles. The number of likely N-dealkylation sites (tertiary alicyclic amines) is 1. The Labute approximate surface area is 241 Å². The van der Waals surface area contributed by atoms with E-state index in [2.05, 4.69) is 10.6 Å². The lowest BCUT2D eigenvalue weighted by atomic mass is 9.92. The number of carbonyl (C=O) groups is 2. The number of imidazole rings is 1. The molecule has 41 heavy (non-hydrogen) atoms. The molecule has 214 valence electrons. The fraction of sp³-hybridized carbons (Fsp3) is 0.364. The van der Waals surface area contributed by atoms with E-state index in [0.29, 0.717) is 25.1 Å². The van der Waals surface area contributed by atoms with Crippen molar-refractivity contribution in [1.82, 2.24) is 14.5 Å². The van der Waals surface area contributed by atoms with Gasteiger partial charge in [0.15, 0.2) is 0 Å². The van der Waals surface area contributed by atoms with Gasteiger partial charge in [0.25, 0.3) is 0 Å². The number of aromatic nitrogens is 2. The highest BCUT2D eigenvalue weighted by Crippen LogP contribution is 2.31. The average molecular weight is 554 g/mol. The van der Waals surface area contributed by atoms with Crippen molar-refractivity contribution in [3.63, 3.8) is 0 Å². The van der Waals surface area contributed by atoms with Gasteiger partial charge in [0.2, 0.25) is 11.8 Å². The van der Waals surface area contributed by atoms with Crippen LogP contribution in [0.3, 0.4) is 0 Å². The molecule has 1 fully saturated rings. The van der Waals surface area contributed by atoms with Crippen molar-refractivity contribution < 1.29 is 14.3 Å². The van der Waals surface area contributed by atoms with Gasteiger partial charge in [-0.3, -0.25) is 9.59 Å². The van der Waals surface area contributed by atoms with E-state index >= 15 is 0 Å². The van der Waals surface area contributed by atoms with E-state index in [1.807, 2.05) is 59.5 Å². The monoisotopic (exact) mass is 553 g/mol. The van der Waals surface area contributed by atoms with Crippen molar-refractivity contribution in [3.05, 3.63) is 89.7 Å². The summed E-state index contributed by atoms with van der Waals surface area (Å²) in [4.78, 5) is 32.3. The number of carbonyl (C=O) groups excluding carboxylic acids is 2. The first-order chi connectivity index (χ1) is 19.9. The smallest absolute Gasteiger partial charge is 0.248 e. The summed E-state index contributed by atoms with van der Waals surface area (Å²) in [5.41, 5.74) is 17.6. The van der Waals surface area contributed by atoms with E-state index in [0.717, 1.165) is 65.9 Å². The van der Waals surface area contributed by atoms with E-state index in [1.165, 1.54) is 0 Å². The number of rotatable bonds is 11. The fourth-order valence-corrected chi connectivity index (χ4v) is 5.95. The Kier molecular flexibility index (Phi) is 9.11. The van der Waals surface area contributed by atoms with Crippen LogP contribution < -0.4 is 11.5 Å². The number of ether oxygens (including phenoxy) is 1. The summed E-state index contributed by atoms with van der Waals surface area (Å²) in [6, 6.07) is 23.2. The molecule has 0 aliphatic carbocycles. The Balaban J connectivity index is 1.30. The van der Waals surface area contributed by atoms with Crippen molar-refractivity contribution in [2.45, 2.75) is 50.6 Å². The molecule has 5 rings (SSSR count). The molecule has 1 aromatic heterocycles. The first-order valence-electron chi connectivity index (χ1n) is 14.4. The van der Waals surface area contributed by atoms with Crippen LogP contribution in [0, 0.1) is 0 Å². The van der Waals surface area contributed by atoms with E-state index in [9.17, 15) is 9.59 Å². The summed E-state index contributed by atoms with van der Waals surface area (Å²) < 4.78 is 7.60. The maximum Gasteiger partial charge on any atom is 0.248 e. The lowest BCUT2D eigenvalue weighted by Gasteiger charge is -2.33. The average Bonchev–Trinajstić information content (AvgIpc) is 3.36. The summed E-state index contributed by atoms with van der Waals surface area (Å²) in [6.45, 7) is 2.87. The predicted octanol–water partition coefficient (Wildman–Crippen LogP) is 4.50. The molecule has 1 aliphatic rings. The minimum atomic E-state index is -0.483. The molecular weight excluding hydrogens is 514 g/mol. The number of benzene rings is 3. The third-order valence-electron chi connectivity index (χ3n) is 7.95. The second-order valence-electron chi connectivity index (χ2n) is 10.9. The van der Waals surface area contributed by atoms with Crippen LogP contribution in [-0.4, -0.2) is 59.1 Å². The van der Waals surface area contributed by atoms with Gasteiger partial charge >= 0.3 is 0 Å². The minimum absolute atomic E-state index is 0.0524. The number of piperidine rings is 1. The number of fused-ring (bicyclic) bond motifs is 1. The lowest BCUT2D eigenvalue weighted by molar-refractivity contribution is -0.132. The molecular formula is C33H39N5O3. The van der Waals surface area contributed by atoms with Crippen LogP contribution in [-0.2, 0) is 22.5 Å². The number of aryl methyl sites for hydroxylation is 1. The van der Waals surface area contributed by atoms with Crippen molar-refractivity contribution in [2.24, 2.45) is 11.5 Å². The normalized spacial score (nSPS) is 16.1. The second-order valence-corrected chi connectivity index (χ2v) is 10.9. The Hall–Kier alpha value is -4.01. The van der Waals surface area contributed by atoms with Crippen LogP contribution in [0.15, 0.2) is 72.8 Å². The van der Waals surface area contributed by atoms with Crippen molar-refractivity contribution in [1.29, 1.82) is 0 Å². The highest BCUT2D eigenvalue weighted by atomic mass is 16.5. The highest BCUT2D eigenvalue weighted by molar-refractivity contribution is 5.93. The summed E-state index contributed by atoms with van der Waals surface area (Å²) in [5.74, 6) is 0.773. The zero-order valence-electron chi connectivity index (χ0n) is 23.7. The number of nitrogens with two attached hydrogens (primary N) is 2. The van der Waals surface area contributed by atoms with E-state index < -0.39 is 11.9 Å². The second kappa shape index (κ2) is 13.1. The number of amides is 2. The number of primary amides is 1. The third kappa shape index (κ3) is 6.66. The predicted molar refractivity (Wildman–Crippen MR) is 161 cm³/mol. The van der Waals surface area contributed by atoms with E-state index in [1.54, 1.807) is 19.2 Å². The van der Waals surface area contributed by atoms with Crippen molar-refractivity contribution >= 4 is 22.8 Å². The SMILES string of the molecule is COCCCn1c([C@@H]2CCCN(C(=O)C[C@H](N)Cc3cc(C(N)=O)ccc3-c3ccccc3)C2)nc2ccccc21. The Morgan fingerprint density at radius 1 is 1.07 bits per heavy atom. The number of hydrogen-bond acceptors (Lipinski definition) is 5. The molecule has 2 atom stereocenters. The standard InChI is InChI=1S/C33H39N5O3/c1-41-18-8-17-38-30-13-6-5-12-29(30)36-33(38)25-11-7-16-37(22-25)31(39)21-27(34)20-26-19-24(32(35)40)14-15-28(26)23-9-3-2-4-10-23/h2-6,9-10,12-15,19,25,27H,7-8,11,16-18,20-22,34H2,1H3,(H2,35,40)/t25-,27-/m1/s1. The van der Waals surface area contributed by atoms with Gasteiger partial charge in [-0.25, -0.2) is 4.98 Å². The van der Waals surface area contributed by atoms with Gasteiger partial charge in [0, 0.05) is 57.3 Å². The lowest BCUT2D eigenvalue weighted by Crippen LogP contribution is -2.42. The molecule has 0 unspecified atom stereocenters. The topological polar surface area (TPSA) is 116 Å². The zero-order chi connectivity index (χ0) is 28.8. The molecule has 1 aliphatic heterocycles. The summed E-state index contributed by atoms with van der Waals surface area (Å²) in [7, 11) is 1.72. The van der Waals surface area contributed by atoms with Crippen LogP contribution in [0.4, 0.5) is 0 Å². The maximum atomic E-state index is 13.5. The summed E-state index contributed by atoms with van der Waals surface area (Å²) in [5, 5.41) is 0. The van der Waals surface area contributed by atoms with Gasteiger partial charge in [0.05, 0.1) is 11.0 Å². The Bertz CT molecular complexity index is 1500. The van der Waals surface area contributed by atoms with Crippen molar-refractivity contribution in [2.75, 3.05) is 26.8 Å². The van der Waals surface area contributed by atoms with Crippen LogP contribution >= 0.6 is 0 Å². The van der Waals surface area contributed by atoms with Gasteiger partial charge in [-0.2, -0.15) is 0 Å². The zero-order valence-corrected chi connectivity index (χ0v) is 23.7. The van der Waals surface area contributed by atoms with Crippen LogP contribution in [0.5, 0.6) is 0 Å². The highest BCUT2D eigenvalue weighted by Gasteiger charge is 2.29. The molecule has 0 bridgehead atoms. The molecule has 4 N–H and O–H groups in total. The molecule has 0 radical (unpaired) electrons. The Morgan fingerprint density at radius 3 is 2.63 bits per heavy atom. The molecule has 8 nitrogen and oxygen atoms in total. The number of methoxy groups -OCH3 is 1. The Morgan fingerprint density at radius 2 is 1.85 bits per heavy atom. The maximum absolute atomic E-state index is 13.5. The number of hydrogen-bond donors (Lipinski definition) is 2. The summed E-state index contributed by atoms with van der Waals surface area (Å²) >= 11 is 0. The van der Waals surface area contributed by atoms with Crippen molar-refractivity contribution in [3.8, 4) is 11.1 Å². The fourth-order valence-electron chi connectivity index (χ4n) is 5.95. The molecule has 4 aromatic rings. The van der Waals surface area contributed by atoms with Crippen LogP contribution in [0.2, 0.25) is 0 Å².